The fraction of sp³-hybridized carbons (Fsp3) is 0.727. The molecule has 1 aliphatic rings. The van der Waals surface area contributed by atoms with E-state index in [4.69, 9.17) is 9.84 Å². The summed E-state index contributed by atoms with van der Waals surface area (Å²) in [6.07, 6.45) is -0.0388. The second-order valence-corrected chi connectivity index (χ2v) is 4.31. The zero-order valence-electron chi connectivity index (χ0n) is 9.89. The molecule has 0 amide bonds. The van der Waals surface area contributed by atoms with Crippen molar-refractivity contribution in [3.8, 4) is 0 Å². The topological polar surface area (TPSA) is 50.5 Å². The maximum Gasteiger partial charge on any atom is 0.0933 e. The Morgan fingerprint density at radius 3 is 3.06 bits per heavy atom. The molecular weight excluding hydrogens is 206 g/mol. The van der Waals surface area contributed by atoms with E-state index in [9.17, 15) is 0 Å². The third-order valence-electron chi connectivity index (χ3n) is 2.91. The summed E-state index contributed by atoms with van der Waals surface area (Å²) in [5, 5.41) is 13.4. The molecule has 1 aromatic heterocycles. The first kappa shape index (κ1) is 11.6. The van der Waals surface area contributed by atoms with Crippen molar-refractivity contribution < 1.29 is 9.84 Å². The summed E-state index contributed by atoms with van der Waals surface area (Å²) >= 11 is 0. The number of hydrogen-bond donors (Lipinski definition) is 1. The second-order valence-electron chi connectivity index (χ2n) is 4.31. The second kappa shape index (κ2) is 4.95. The molecule has 1 N–H and O–H groups in total. The van der Waals surface area contributed by atoms with Crippen LogP contribution in [-0.2, 0) is 18.3 Å². The van der Waals surface area contributed by atoms with Crippen molar-refractivity contribution in [3.05, 3.63) is 17.5 Å². The molecule has 1 saturated heterocycles. The Morgan fingerprint density at radius 2 is 2.44 bits per heavy atom. The van der Waals surface area contributed by atoms with Crippen LogP contribution in [0.5, 0.6) is 0 Å². The number of aryl methyl sites for hydroxylation is 2. The number of aliphatic hydroxyl groups is 1. The number of nitrogens with zero attached hydrogens (tertiary/aromatic N) is 3. The van der Waals surface area contributed by atoms with Gasteiger partial charge in [-0.15, -0.1) is 0 Å². The maximum atomic E-state index is 9.06. The molecule has 5 heteroatoms. The normalized spacial score (nSPS) is 22.6. The first-order chi connectivity index (χ1) is 7.69. The van der Waals surface area contributed by atoms with Crippen molar-refractivity contribution >= 4 is 0 Å². The van der Waals surface area contributed by atoms with E-state index in [-0.39, 0.29) is 12.7 Å². The molecule has 1 atom stereocenters. The van der Waals surface area contributed by atoms with E-state index in [1.807, 2.05) is 18.7 Å². The zero-order valence-corrected chi connectivity index (χ0v) is 9.89. The molecule has 1 unspecified atom stereocenters. The van der Waals surface area contributed by atoms with Gasteiger partial charge in [-0.25, -0.2) is 0 Å². The monoisotopic (exact) mass is 225 g/mol. The molecule has 2 rings (SSSR count). The average molecular weight is 225 g/mol. The van der Waals surface area contributed by atoms with Gasteiger partial charge in [-0.3, -0.25) is 9.58 Å². The van der Waals surface area contributed by atoms with Gasteiger partial charge in [-0.05, 0) is 13.0 Å². The maximum absolute atomic E-state index is 9.06. The minimum atomic E-state index is -0.0388. The molecule has 0 radical (unpaired) electrons. The number of rotatable bonds is 3. The van der Waals surface area contributed by atoms with Crippen LogP contribution in [0.2, 0.25) is 0 Å². The molecule has 90 valence electrons. The van der Waals surface area contributed by atoms with Crippen molar-refractivity contribution in [2.75, 3.05) is 26.3 Å². The third-order valence-corrected chi connectivity index (χ3v) is 2.91. The molecule has 1 aliphatic heterocycles. The summed E-state index contributed by atoms with van der Waals surface area (Å²) in [6.45, 7) is 5.38. The first-order valence-corrected chi connectivity index (χ1v) is 5.63. The van der Waals surface area contributed by atoms with Crippen molar-refractivity contribution in [2.24, 2.45) is 7.05 Å². The Labute approximate surface area is 95.6 Å². The zero-order chi connectivity index (χ0) is 11.5. The summed E-state index contributed by atoms with van der Waals surface area (Å²) < 4.78 is 7.33. The SMILES string of the molecule is Cc1cc(CN2CCOC(CO)C2)n(C)n1. The lowest BCUT2D eigenvalue weighted by atomic mass is 10.2. The lowest BCUT2D eigenvalue weighted by Gasteiger charge is -2.31. The number of ether oxygens (including phenoxy) is 1. The van der Waals surface area contributed by atoms with E-state index < -0.39 is 0 Å². The van der Waals surface area contributed by atoms with Crippen LogP contribution in [0.15, 0.2) is 6.07 Å². The lowest BCUT2D eigenvalue weighted by Crippen LogP contribution is -2.43. The highest BCUT2D eigenvalue weighted by Crippen LogP contribution is 2.10. The van der Waals surface area contributed by atoms with Crippen molar-refractivity contribution in [2.45, 2.75) is 19.6 Å². The van der Waals surface area contributed by atoms with E-state index in [1.54, 1.807) is 0 Å². The molecule has 5 nitrogen and oxygen atoms in total. The van der Waals surface area contributed by atoms with Gasteiger partial charge in [-0.1, -0.05) is 0 Å². The number of hydrogen-bond acceptors (Lipinski definition) is 4. The van der Waals surface area contributed by atoms with Gasteiger partial charge in [0.1, 0.15) is 0 Å². The first-order valence-electron chi connectivity index (χ1n) is 5.63. The van der Waals surface area contributed by atoms with E-state index in [2.05, 4.69) is 16.1 Å². The van der Waals surface area contributed by atoms with Crippen LogP contribution in [0.3, 0.4) is 0 Å². The molecule has 0 spiro atoms. The average Bonchev–Trinajstić information content (AvgIpc) is 2.58. The minimum Gasteiger partial charge on any atom is -0.394 e. The molecule has 0 aliphatic carbocycles. The van der Waals surface area contributed by atoms with Gasteiger partial charge in [0.2, 0.25) is 0 Å². The van der Waals surface area contributed by atoms with Crippen molar-refractivity contribution in [1.29, 1.82) is 0 Å². The Morgan fingerprint density at radius 1 is 1.62 bits per heavy atom. The van der Waals surface area contributed by atoms with Gasteiger partial charge in [0.15, 0.2) is 0 Å². The fourth-order valence-corrected chi connectivity index (χ4v) is 2.08. The highest BCUT2D eigenvalue weighted by molar-refractivity contribution is 5.08. The number of aromatic nitrogens is 2. The molecule has 0 bridgehead atoms. The third kappa shape index (κ3) is 2.61. The smallest absolute Gasteiger partial charge is 0.0933 e. The Kier molecular flexibility index (Phi) is 3.58. The molecule has 1 aromatic rings. The molecule has 0 saturated carbocycles. The van der Waals surface area contributed by atoms with Gasteiger partial charge < -0.3 is 9.84 Å². The van der Waals surface area contributed by atoms with Gasteiger partial charge in [-0.2, -0.15) is 5.10 Å². The molecular formula is C11H19N3O2. The predicted molar refractivity (Wildman–Crippen MR) is 60.0 cm³/mol. The van der Waals surface area contributed by atoms with Crippen molar-refractivity contribution in [1.82, 2.24) is 14.7 Å². The molecule has 1 fully saturated rings. The van der Waals surface area contributed by atoms with Gasteiger partial charge in [0.25, 0.3) is 0 Å². The lowest BCUT2D eigenvalue weighted by molar-refractivity contribution is -0.0556. The van der Waals surface area contributed by atoms with Crippen LogP contribution in [0, 0.1) is 6.92 Å². The largest absolute Gasteiger partial charge is 0.394 e. The number of morpholine rings is 1. The van der Waals surface area contributed by atoms with E-state index >= 15 is 0 Å². The summed E-state index contributed by atoms with van der Waals surface area (Å²) in [7, 11) is 1.96. The number of aliphatic hydroxyl groups excluding tert-OH is 1. The molecule has 2 heterocycles. The van der Waals surface area contributed by atoms with Crippen LogP contribution in [-0.4, -0.2) is 52.2 Å². The van der Waals surface area contributed by atoms with E-state index in [1.165, 1.54) is 5.69 Å². The fourth-order valence-electron chi connectivity index (χ4n) is 2.08. The van der Waals surface area contributed by atoms with Gasteiger partial charge >= 0.3 is 0 Å². The summed E-state index contributed by atoms with van der Waals surface area (Å²) in [4.78, 5) is 2.29. The van der Waals surface area contributed by atoms with Crippen LogP contribution in [0.1, 0.15) is 11.4 Å². The quantitative estimate of drug-likeness (QED) is 0.782. The summed E-state index contributed by atoms with van der Waals surface area (Å²) in [5.74, 6) is 0. The van der Waals surface area contributed by atoms with E-state index in [0.717, 1.165) is 25.3 Å². The Bertz CT molecular complexity index is 351. The highest BCUT2D eigenvalue weighted by Gasteiger charge is 2.20. The van der Waals surface area contributed by atoms with Crippen LogP contribution in [0.25, 0.3) is 0 Å². The van der Waals surface area contributed by atoms with Crippen molar-refractivity contribution in [3.63, 3.8) is 0 Å². The van der Waals surface area contributed by atoms with Gasteiger partial charge in [0.05, 0.1) is 30.7 Å². The van der Waals surface area contributed by atoms with Crippen LogP contribution >= 0.6 is 0 Å². The molecule has 16 heavy (non-hydrogen) atoms. The summed E-state index contributed by atoms with van der Waals surface area (Å²) in [6, 6.07) is 2.10. The predicted octanol–water partition coefficient (Wildman–Crippen LogP) is -0.0784. The Hall–Kier alpha value is -0.910. The standard InChI is InChI=1S/C11H19N3O2/c1-9-5-10(13(2)12-9)6-14-3-4-16-11(7-14)8-15/h5,11,15H,3-4,6-8H2,1-2H3. The van der Waals surface area contributed by atoms with Gasteiger partial charge in [0, 0.05) is 26.7 Å². The Balaban J connectivity index is 1.96. The molecule has 0 aromatic carbocycles. The van der Waals surface area contributed by atoms with Crippen LogP contribution in [0.4, 0.5) is 0 Å². The van der Waals surface area contributed by atoms with Crippen LogP contribution < -0.4 is 0 Å². The minimum absolute atomic E-state index is 0.0388. The highest BCUT2D eigenvalue weighted by atomic mass is 16.5. The van der Waals surface area contributed by atoms with E-state index in [0.29, 0.717) is 6.61 Å². The summed E-state index contributed by atoms with van der Waals surface area (Å²) in [5.41, 5.74) is 2.25.